The van der Waals surface area contributed by atoms with E-state index < -0.39 is 0 Å². The topological polar surface area (TPSA) is 87.7 Å². The SMILES string of the molecule is CNC(=O)c1ccc(-c2cc(C)nc([C@H]3CN(C(=O)CN4CCCC4)CCO3)c2)cn1. The molecule has 2 fully saturated rings. The molecule has 0 spiro atoms. The molecule has 164 valence electrons. The smallest absolute Gasteiger partial charge is 0.269 e. The van der Waals surface area contributed by atoms with E-state index in [1.807, 2.05) is 30.0 Å². The van der Waals surface area contributed by atoms with Crippen molar-refractivity contribution in [1.82, 2.24) is 25.1 Å². The second-order valence-corrected chi connectivity index (χ2v) is 8.12. The lowest BCUT2D eigenvalue weighted by atomic mass is 10.0. The Morgan fingerprint density at radius 3 is 2.68 bits per heavy atom. The van der Waals surface area contributed by atoms with E-state index in [1.54, 1.807) is 19.3 Å². The number of aromatic nitrogens is 2. The van der Waals surface area contributed by atoms with Crippen LogP contribution in [0.3, 0.4) is 0 Å². The predicted octanol–water partition coefficient (Wildman–Crippen LogP) is 1.81. The molecule has 2 aromatic rings. The zero-order chi connectivity index (χ0) is 21.8. The van der Waals surface area contributed by atoms with E-state index >= 15 is 0 Å². The van der Waals surface area contributed by atoms with Crippen LogP contribution in [0.4, 0.5) is 0 Å². The average molecular weight is 424 g/mol. The number of aryl methyl sites for hydroxylation is 1. The Bertz CT molecular complexity index is 941. The Morgan fingerprint density at radius 2 is 1.97 bits per heavy atom. The summed E-state index contributed by atoms with van der Waals surface area (Å²) in [5.41, 5.74) is 3.91. The monoisotopic (exact) mass is 423 g/mol. The molecule has 2 aliphatic heterocycles. The number of morpholine rings is 1. The molecular weight excluding hydrogens is 394 g/mol. The van der Waals surface area contributed by atoms with Gasteiger partial charge in [-0.1, -0.05) is 6.07 Å². The fourth-order valence-corrected chi connectivity index (χ4v) is 4.14. The Morgan fingerprint density at radius 1 is 1.16 bits per heavy atom. The Hall–Kier alpha value is -2.84. The van der Waals surface area contributed by atoms with E-state index in [2.05, 4.69) is 20.2 Å². The van der Waals surface area contributed by atoms with Gasteiger partial charge in [-0.05, 0) is 56.6 Å². The van der Waals surface area contributed by atoms with Crippen molar-refractivity contribution in [3.05, 3.63) is 47.5 Å². The molecule has 8 nitrogen and oxygen atoms in total. The third kappa shape index (κ3) is 5.08. The van der Waals surface area contributed by atoms with Crippen LogP contribution in [0.5, 0.6) is 0 Å². The molecule has 2 aliphatic rings. The summed E-state index contributed by atoms with van der Waals surface area (Å²) in [5, 5.41) is 2.57. The normalized spacial score (nSPS) is 19.4. The molecule has 1 N–H and O–H groups in total. The molecule has 0 radical (unpaired) electrons. The number of amides is 2. The van der Waals surface area contributed by atoms with Gasteiger partial charge in [0, 0.05) is 31.0 Å². The summed E-state index contributed by atoms with van der Waals surface area (Å²) in [6.07, 6.45) is 3.78. The highest BCUT2D eigenvalue weighted by atomic mass is 16.5. The van der Waals surface area contributed by atoms with Crippen LogP contribution in [0, 0.1) is 6.92 Å². The van der Waals surface area contributed by atoms with E-state index in [0.717, 1.165) is 35.6 Å². The second-order valence-electron chi connectivity index (χ2n) is 8.12. The van der Waals surface area contributed by atoms with Crippen LogP contribution in [0.2, 0.25) is 0 Å². The summed E-state index contributed by atoms with van der Waals surface area (Å²) in [4.78, 5) is 37.6. The minimum atomic E-state index is -0.256. The van der Waals surface area contributed by atoms with Crippen molar-refractivity contribution >= 4 is 11.8 Å². The van der Waals surface area contributed by atoms with Crippen LogP contribution in [0.25, 0.3) is 11.1 Å². The highest BCUT2D eigenvalue weighted by molar-refractivity contribution is 5.92. The van der Waals surface area contributed by atoms with E-state index in [4.69, 9.17) is 4.74 Å². The lowest BCUT2D eigenvalue weighted by molar-refractivity contribution is -0.140. The van der Waals surface area contributed by atoms with Gasteiger partial charge in [-0.25, -0.2) is 0 Å². The third-order valence-electron chi connectivity index (χ3n) is 5.84. The van der Waals surface area contributed by atoms with Gasteiger partial charge in [-0.15, -0.1) is 0 Å². The molecule has 8 heteroatoms. The lowest BCUT2D eigenvalue weighted by Gasteiger charge is -2.34. The van der Waals surface area contributed by atoms with E-state index in [1.165, 1.54) is 12.8 Å². The lowest BCUT2D eigenvalue weighted by Crippen LogP contribution is -2.46. The summed E-state index contributed by atoms with van der Waals surface area (Å²) >= 11 is 0. The Balaban J connectivity index is 1.49. The van der Waals surface area contributed by atoms with Crippen molar-refractivity contribution in [3.63, 3.8) is 0 Å². The number of rotatable bonds is 5. The van der Waals surface area contributed by atoms with Gasteiger partial charge >= 0.3 is 0 Å². The molecular formula is C23H29N5O3. The Kier molecular flexibility index (Phi) is 6.58. The number of pyridine rings is 2. The van der Waals surface area contributed by atoms with Gasteiger partial charge < -0.3 is 15.0 Å². The van der Waals surface area contributed by atoms with Crippen molar-refractivity contribution in [3.8, 4) is 11.1 Å². The van der Waals surface area contributed by atoms with E-state index in [-0.39, 0.29) is 17.9 Å². The van der Waals surface area contributed by atoms with Crippen LogP contribution in [-0.2, 0) is 9.53 Å². The van der Waals surface area contributed by atoms with Crippen LogP contribution < -0.4 is 5.32 Å². The zero-order valence-electron chi connectivity index (χ0n) is 18.1. The zero-order valence-corrected chi connectivity index (χ0v) is 18.1. The summed E-state index contributed by atoms with van der Waals surface area (Å²) in [7, 11) is 1.58. The molecule has 4 rings (SSSR count). The molecule has 4 heterocycles. The number of carbonyl (C=O) groups is 2. The molecule has 2 saturated heterocycles. The molecule has 2 amide bonds. The van der Waals surface area contributed by atoms with Gasteiger partial charge in [0.15, 0.2) is 0 Å². The largest absolute Gasteiger partial charge is 0.368 e. The molecule has 31 heavy (non-hydrogen) atoms. The molecule has 2 aromatic heterocycles. The van der Waals surface area contributed by atoms with Gasteiger partial charge in [0.25, 0.3) is 5.91 Å². The van der Waals surface area contributed by atoms with Crippen LogP contribution >= 0.6 is 0 Å². The van der Waals surface area contributed by atoms with Crippen molar-refractivity contribution in [1.29, 1.82) is 0 Å². The standard InChI is InChI=1S/C23H29N5O3/c1-16-11-18(17-5-6-19(25-13-17)23(30)24-2)12-20(26-16)21-14-28(9-10-31-21)22(29)15-27-7-3-4-8-27/h5-6,11-13,21H,3-4,7-10,14-15H2,1-2H3,(H,24,30)/t21-/m1/s1. The number of hydrogen-bond donors (Lipinski definition) is 1. The van der Waals surface area contributed by atoms with Gasteiger partial charge in [-0.3, -0.25) is 24.5 Å². The third-order valence-corrected chi connectivity index (χ3v) is 5.84. The summed E-state index contributed by atoms with van der Waals surface area (Å²) in [5.74, 6) is -0.0514. The van der Waals surface area contributed by atoms with Gasteiger partial charge in [0.1, 0.15) is 11.8 Å². The van der Waals surface area contributed by atoms with Crippen molar-refractivity contribution in [2.24, 2.45) is 0 Å². The minimum absolute atomic E-state index is 0.164. The summed E-state index contributed by atoms with van der Waals surface area (Å²) < 4.78 is 5.99. The Labute approximate surface area is 182 Å². The quantitative estimate of drug-likeness (QED) is 0.789. The number of likely N-dealkylation sites (tertiary alicyclic amines) is 1. The minimum Gasteiger partial charge on any atom is -0.368 e. The van der Waals surface area contributed by atoms with Crippen LogP contribution in [-0.4, -0.2) is 78.0 Å². The number of nitrogens with zero attached hydrogens (tertiary/aromatic N) is 4. The molecule has 0 saturated carbocycles. The molecule has 1 atom stereocenters. The predicted molar refractivity (Wildman–Crippen MR) is 117 cm³/mol. The number of carbonyl (C=O) groups excluding carboxylic acids is 2. The van der Waals surface area contributed by atoms with Crippen molar-refractivity contribution < 1.29 is 14.3 Å². The van der Waals surface area contributed by atoms with Gasteiger partial charge in [0.05, 0.1) is 25.4 Å². The maximum atomic E-state index is 12.8. The highest BCUT2D eigenvalue weighted by Gasteiger charge is 2.28. The van der Waals surface area contributed by atoms with Crippen molar-refractivity contribution in [2.45, 2.75) is 25.9 Å². The maximum Gasteiger partial charge on any atom is 0.269 e. The second kappa shape index (κ2) is 9.53. The number of ether oxygens (including phenoxy) is 1. The maximum absolute atomic E-state index is 12.8. The summed E-state index contributed by atoms with van der Waals surface area (Å²) in [6, 6.07) is 7.56. The fourth-order valence-electron chi connectivity index (χ4n) is 4.14. The first-order chi connectivity index (χ1) is 15.0. The first kappa shape index (κ1) is 21.4. The fraction of sp³-hybridized carbons (Fsp3) is 0.478. The van der Waals surface area contributed by atoms with E-state index in [9.17, 15) is 9.59 Å². The molecule has 0 unspecified atom stereocenters. The first-order valence-corrected chi connectivity index (χ1v) is 10.8. The van der Waals surface area contributed by atoms with Crippen LogP contribution in [0.1, 0.15) is 40.8 Å². The van der Waals surface area contributed by atoms with Gasteiger partial charge in [0.2, 0.25) is 5.91 Å². The van der Waals surface area contributed by atoms with Crippen molar-refractivity contribution in [2.75, 3.05) is 46.4 Å². The molecule has 0 bridgehead atoms. The summed E-state index contributed by atoms with van der Waals surface area (Å²) in [6.45, 7) is 6.08. The van der Waals surface area contributed by atoms with Gasteiger partial charge in [-0.2, -0.15) is 0 Å². The van der Waals surface area contributed by atoms with Crippen LogP contribution in [0.15, 0.2) is 30.5 Å². The molecule has 0 aromatic carbocycles. The number of hydrogen-bond acceptors (Lipinski definition) is 6. The first-order valence-electron chi connectivity index (χ1n) is 10.8. The molecule has 0 aliphatic carbocycles. The van der Waals surface area contributed by atoms with E-state index in [0.29, 0.717) is 31.9 Å². The average Bonchev–Trinajstić information content (AvgIpc) is 3.31. The highest BCUT2D eigenvalue weighted by Crippen LogP contribution is 2.27. The number of nitrogens with one attached hydrogen (secondary N) is 1.